The lowest BCUT2D eigenvalue weighted by molar-refractivity contribution is -0.128. The van der Waals surface area contributed by atoms with Gasteiger partial charge in [0.15, 0.2) is 5.96 Å². The van der Waals surface area contributed by atoms with Crippen LogP contribution in [0.1, 0.15) is 12.8 Å². The first kappa shape index (κ1) is 14.2. The van der Waals surface area contributed by atoms with Gasteiger partial charge >= 0.3 is 0 Å². The van der Waals surface area contributed by atoms with Crippen LogP contribution in [0.4, 0.5) is 0 Å². The van der Waals surface area contributed by atoms with E-state index in [0.717, 1.165) is 25.9 Å². The number of aliphatic imine (C=N–C) groups is 1. The highest BCUT2D eigenvalue weighted by molar-refractivity contribution is 8.93. The van der Waals surface area contributed by atoms with Gasteiger partial charge in [0.25, 0.3) is 0 Å². The van der Waals surface area contributed by atoms with Crippen LogP contribution in [0.25, 0.3) is 0 Å². The van der Waals surface area contributed by atoms with Crippen molar-refractivity contribution in [3.63, 3.8) is 0 Å². The van der Waals surface area contributed by atoms with Crippen LogP contribution in [0.5, 0.6) is 0 Å². The molecule has 1 aliphatic heterocycles. The van der Waals surface area contributed by atoms with Crippen molar-refractivity contribution < 1.29 is 4.79 Å². The molecule has 1 heterocycles. The van der Waals surface area contributed by atoms with E-state index in [0.29, 0.717) is 12.5 Å². The molecule has 1 rings (SSSR count). The first-order chi connectivity index (χ1) is 6.77. The summed E-state index contributed by atoms with van der Waals surface area (Å²) in [5.74, 6) is 0.802. The molecule has 0 aromatic rings. The van der Waals surface area contributed by atoms with Crippen molar-refractivity contribution in [1.29, 1.82) is 0 Å². The van der Waals surface area contributed by atoms with Gasteiger partial charge in [-0.25, -0.2) is 0 Å². The zero-order valence-electron chi connectivity index (χ0n) is 9.25. The molecule has 0 aliphatic carbocycles. The maximum atomic E-state index is 11.6. The minimum absolute atomic E-state index is 0. The summed E-state index contributed by atoms with van der Waals surface area (Å²) in [6.45, 7) is 2.13. The van der Waals surface area contributed by atoms with E-state index >= 15 is 0 Å². The number of halogens is 1. The first-order valence-electron chi connectivity index (χ1n) is 4.94. The van der Waals surface area contributed by atoms with Gasteiger partial charge in [0.2, 0.25) is 5.91 Å². The van der Waals surface area contributed by atoms with Crippen molar-refractivity contribution in [2.24, 2.45) is 4.99 Å². The molecule has 0 saturated carbocycles. The summed E-state index contributed by atoms with van der Waals surface area (Å²) in [6, 6.07) is 0. The Hall–Kier alpha value is -0.780. The molecule has 0 atom stereocenters. The predicted octanol–water partition coefficient (Wildman–Crippen LogP) is -0.0185. The number of hydrogen-bond donors (Lipinski definition) is 2. The molecular weight excluding hydrogens is 260 g/mol. The van der Waals surface area contributed by atoms with E-state index in [9.17, 15) is 4.79 Å². The summed E-state index contributed by atoms with van der Waals surface area (Å²) in [5, 5.41) is 5.81. The molecule has 0 spiro atoms. The van der Waals surface area contributed by atoms with Crippen LogP contribution in [0.2, 0.25) is 0 Å². The Morgan fingerprint density at radius 1 is 1.40 bits per heavy atom. The highest BCUT2D eigenvalue weighted by atomic mass is 79.9. The number of nitrogens with one attached hydrogen (secondary N) is 2. The number of carbonyl (C=O) groups excluding carboxylic acids is 1. The smallest absolute Gasteiger partial charge is 0.241 e. The highest BCUT2D eigenvalue weighted by Crippen LogP contribution is 2.06. The fraction of sp³-hybridized carbons (Fsp3) is 0.778. The number of carbonyl (C=O) groups is 1. The molecule has 88 valence electrons. The minimum Gasteiger partial charge on any atom is -0.359 e. The number of rotatable bonds is 2. The van der Waals surface area contributed by atoms with Crippen molar-refractivity contribution in [3.8, 4) is 0 Å². The summed E-state index contributed by atoms with van der Waals surface area (Å²) >= 11 is 0. The molecule has 2 N–H and O–H groups in total. The van der Waals surface area contributed by atoms with Crippen LogP contribution in [0, 0.1) is 0 Å². The van der Waals surface area contributed by atoms with E-state index in [1.807, 2.05) is 4.90 Å². The Labute approximate surface area is 101 Å². The lowest BCUT2D eigenvalue weighted by Gasteiger charge is -2.16. The second kappa shape index (κ2) is 7.50. The van der Waals surface area contributed by atoms with Gasteiger partial charge in [0, 0.05) is 27.2 Å². The Morgan fingerprint density at radius 2 is 2.00 bits per heavy atom. The lowest BCUT2D eigenvalue weighted by atomic mass is 10.4. The molecule has 0 bridgehead atoms. The molecule has 1 amide bonds. The Balaban J connectivity index is 0.00000196. The molecule has 0 aromatic carbocycles. The standard InChI is InChI=1S/C9H18N4O.BrH/c1-10-9(11-2)12-7-8(14)13-5-3-4-6-13;/h3-7H2,1-2H3,(H2,10,11,12);1H. The SMILES string of the molecule is Br.CN=C(NC)NCC(=O)N1CCCC1. The first-order valence-corrected chi connectivity index (χ1v) is 4.94. The molecule has 0 unspecified atom stereocenters. The van der Waals surface area contributed by atoms with E-state index in [1.165, 1.54) is 0 Å². The third kappa shape index (κ3) is 4.51. The average molecular weight is 279 g/mol. The van der Waals surface area contributed by atoms with Gasteiger partial charge in [-0.2, -0.15) is 0 Å². The summed E-state index contributed by atoms with van der Waals surface area (Å²) in [7, 11) is 3.45. The number of hydrogen-bond acceptors (Lipinski definition) is 2. The van der Waals surface area contributed by atoms with Gasteiger partial charge in [-0.3, -0.25) is 9.79 Å². The van der Waals surface area contributed by atoms with Crippen LogP contribution < -0.4 is 10.6 Å². The molecule has 15 heavy (non-hydrogen) atoms. The second-order valence-electron chi connectivity index (χ2n) is 3.26. The Kier molecular flexibility index (Phi) is 7.11. The lowest BCUT2D eigenvalue weighted by Crippen LogP contribution is -2.42. The number of nitrogens with zero attached hydrogens (tertiary/aromatic N) is 2. The van der Waals surface area contributed by atoms with Gasteiger partial charge in [0.05, 0.1) is 6.54 Å². The van der Waals surface area contributed by atoms with E-state index in [4.69, 9.17) is 0 Å². The van der Waals surface area contributed by atoms with Crippen LogP contribution in [-0.2, 0) is 4.79 Å². The topological polar surface area (TPSA) is 56.7 Å². The Morgan fingerprint density at radius 3 is 2.47 bits per heavy atom. The molecular formula is C9H19BrN4O. The molecule has 1 aliphatic rings. The third-order valence-corrected chi connectivity index (χ3v) is 2.33. The van der Waals surface area contributed by atoms with Gasteiger partial charge in [-0.1, -0.05) is 0 Å². The fourth-order valence-electron chi connectivity index (χ4n) is 1.52. The summed E-state index contributed by atoms with van der Waals surface area (Å²) in [4.78, 5) is 17.4. The van der Waals surface area contributed by atoms with E-state index in [-0.39, 0.29) is 22.9 Å². The highest BCUT2D eigenvalue weighted by Gasteiger charge is 2.17. The van der Waals surface area contributed by atoms with E-state index in [2.05, 4.69) is 15.6 Å². The number of amides is 1. The maximum absolute atomic E-state index is 11.6. The predicted molar refractivity (Wildman–Crippen MR) is 66.6 cm³/mol. The number of likely N-dealkylation sites (tertiary alicyclic amines) is 1. The van der Waals surface area contributed by atoms with Gasteiger partial charge < -0.3 is 15.5 Å². The van der Waals surface area contributed by atoms with Crippen molar-refractivity contribution in [1.82, 2.24) is 15.5 Å². The van der Waals surface area contributed by atoms with Crippen molar-refractivity contribution in [2.75, 3.05) is 33.7 Å². The molecule has 0 radical (unpaired) electrons. The molecule has 1 saturated heterocycles. The molecule has 0 aromatic heterocycles. The average Bonchev–Trinajstić information content (AvgIpc) is 2.72. The van der Waals surface area contributed by atoms with Crippen molar-refractivity contribution in [2.45, 2.75) is 12.8 Å². The molecule has 1 fully saturated rings. The maximum Gasteiger partial charge on any atom is 0.241 e. The van der Waals surface area contributed by atoms with E-state index in [1.54, 1.807) is 14.1 Å². The zero-order chi connectivity index (χ0) is 10.4. The van der Waals surface area contributed by atoms with E-state index < -0.39 is 0 Å². The Bertz CT molecular complexity index is 226. The van der Waals surface area contributed by atoms with Crippen LogP contribution >= 0.6 is 17.0 Å². The fourth-order valence-corrected chi connectivity index (χ4v) is 1.52. The normalized spacial score (nSPS) is 15.9. The second-order valence-corrected chi connectivity index (χ2v) is 3.26. The minimum atomic E-state index is 0. The monoisotopic (exact) mass is 278 g/mol. The molecule has 6 heteroatoms. The third-order valence-electron chi connectivity index (χ3n) is 2.33. The molecule has 5 nitrogen and oxygen atoms in total. The summed E-state index contributed by atoms with van der Waals surface area (Å²) in [6.07, 6.45) is 2.26. The summed E-state index contributed by atoms with van der Waals surface area (Å²) in [5.41, 5.74) is 0. The largest absolute Gasteiger partial charge is 0.359 e. The van der Waals surface area contributed by atoms with Gasteiger partial charge in [-0.15, -0.1) is 17.0 Å². The van der Waals surface area contributed by atoms with Gasteiger partial charge in [-0.05, 0) is 12.8 Å². The van der Waals surface area contributed by atoms with Crippen molar-refractivity contribution in [3.05, 3.63) is 0 Å². The van der Waals surface area contributed by atoms with Crippen LogP contribution in [0.3, 0.4) is 0 Å². The van der Waals surface area contributed by atoms with Crippen LogP contribution in [-0.4, -0.2) is 50.5 Å². The van der Waals surface area contributed by atoms with Crippen LogP contribution in [0.15, 0.2) is 4.99 Å². The van der Waals surface area contributed by atoms with Crippen molar-refractivity contribution >= 4 is 28.8 Å². The van der Waals surface area contributed by atoms with Gasteiger partial charge in [0.1, 0.15) is 0 Å². The quantitative estimate of drug-likeness (QED) is 0.552. The zero-order valence-corrected chi connectivity index (χ0v) is 11.0. The number of guanidine groups is 1. The summed E-state index contributed by atoms with van der Waals surface area (Å²) < 4.78 is 0.